The molecular weight excluding hydrogens is 378 g/mol. The van der Waals surface area contributed by atoms with Crippen LogP contribution in [0.1, 0.15) is 31.8 Å². The van der Waals surface area contributed by atoms with Gasteiger partial charge < -0.3 is 0 Å². The quantitative estimate of drug-likeness (QED) is 0.510. The van der Waals surface area contributed by atoms with E-state index in [2.05, 4.69) is 5.43 Å². The van der Waals surface area contributed by atoms with Crippen molar-refractivity contribution in [1.29, 1.82) is 0 Å². The van der Waals surface area contributed by atoms with E-state index < -0.39 is 17.7 Å². The van der Waals surface area contributed by atoms with E-state index in [9.17, 15) is 14.4 Å². The van der Waals surface area contributed by atoms with E-state index in [1.165, 1.54) is 0 Å². The van der Waals surface area contributed by atoms with Crippen molar-refractivity contribution in [3.63, 3.8) is 0 Å². The SMILES string of the molecule is Cc1ccc2c(c1)C(=O)N(CC(=O)NN(Cc1ccccc1)c1ccccc1)C2=O. The molecule has 1 aliphatic rings. The predicted octanol–water partition coefficient (Wildman–Crippen LogP) is 3.33. The van der Waals surface area contributed by atoms with Gasteiger partial charge in [-0.2, -0.15) is 0 Å². The summed E-state index contributed by atoms with van der Waals surface area (Å²) in [5.74, 6) is -1.33. The number of hydrogen-bond acceptors (Lipinski definition) is 4. The number of anilines is 1. The molecule has 1 aliphatic heterocycles. The van der Waals surface area contributed by atoms with Crippen LogP contribution in [0.2, 0.25) is 0 Å². The third-order valence-corrected chi connectivity index (χ3v) is 4.94. The lowest BCUT2D eigenvalue weighted by Crippen LogP contribution is -2.47. The summed E-state index contributed by atoms with van der Waals surface area (Å²) in [7, 11) is 0. The minimum atomic E-state index is -0.445. The molecule has 6 nitrogen and oxygen atoms in total. The van der Waals surface area contributed by atoms with E-state index in [1.807, 2.05) is 67.6 Å². The maximum atomic E-state index is 12.8. The molecule has 3 aromatic rings. The lowest BCUT2D eigenvalue weighted by atomic mass is 10.1. The molecule has 0 atom stereocenters. The second-order valence-electron chi connectivity index (χ2n) is 7.19. The summed E-state index contributed by atoms with van der Waals surface area (Å²) < 4.78 is 0. The maximum absolute atomic E-state index is 12.8. The summed E-state index contributed by atoms with van der Waals surface area (Å²) in [6.07, 6.45) is 0. The fourth-order valence-corrected chi connectivity index (χ4v) is 3.45. The van der Waals surface area contributed by atoms with Crippen LogP contribution < -0.4 is 10.4 Å². The van der Waals surface area contributed by atoms with Gasteiger partial charge in [0.15, 0.2) is 0 Å². The van der Waals surface area contributed by atoms with Gasteiger partial charge >= 0.3 is 0 Å². The first-order chi connectivity index (χ1) is 14.5. The number of nitrogens with zero attached hydrogens (tertiary/aromatic N) is 2. The fraction of sp³-hybridized carbons (Fsp3) is 0.125. The molecule has 0 spiro atoms. The molecule has 0 radical (unpaired) electrons. The normalized spacial score (nSPS) is 12.6. The van der Waals surface area contributed by atoms with Gasteiger partial charge in [-0.1, -0.05) is 60.2 Å². The van der Waals surface area contributed by atoms with Crippen LogP contribution in [-0.2, 0) is 11.3 Å². The Bertz CT molecular complexity index is 1100. The maximum Gasteiger partial charge on any atom is 0.262 e. The molecular formula is C24H21N3O3. The Kier molecular flexibility index (Phi) is 5.30. The van der Waals surface area contributed by atoms with Crippen LogP contribution in [0.4, 0.5) is 5.69 Å². The Morgan fingerprint density at radius 1 is 0.867 bits per heavy atom. The van der Waals surface area contributed by atoms with Crippen LogP contribution >= 0.6 is 0 Å². The Hall–Kier alpha value is -3.93. The zero-order valence-corrected chi connectivity index (χ0v) is 16.5. The number of benzene rings is 3. The largest absolute Gasteiger partial charge is 0.281 e. The van der Waals surface area contributed by atoms with Gasteiger partial charge in [-0.15, -0.1) is 0 Å². The highest BCUT2D eigenvalue weighted by atomic mass is 16.2. The Labute approximate surface area is 174 Å². The van der Waals surface area contributed by atoms with Crippen LogP contribution in [0.3, 0.4) is 0 Å². The van der Waals surface area contributed by atoms with Gasteiger partial charge in [0.2, 0.25) is 0 Å². The van der Waals surface area contributed by atoms with E-state index in [-0.39, 0.29) is 6.54 Å². The number of amides is 3. The van der Waals surface area contributed by atoms with Crippen LogP contribution in [0.5, 0.6) is 0 Å². The third kappa shape index (κ3) is 3.93. The minimum Gasteiger partial charge on any atom is -0.281 e. The van der Waals surface area contributed by atoms with E-state index in [1.54, 1.807) is 23.2 Å². The van der Waals surface area contributed by atoms with Crippen molar-refractivity contribution in [2.45, 2.75) is 13.5 Å². The lowest BCUT2D eigenvalue weighted by Gasteiger charge is -2.26. The molecule has 4 rings (SSSR count). The molecule has 150 valence electrons. The number of imide groups is 1. The summed E-state index contributed by atoms with van der Waals surface area (Å²) in [5.41, 5.74) is 6.22. The van der Waals surface area contributed by atoms with E-state index in [0.29, 0.717) is 17.7 Å². The van der Waals surface area contributed by atoms with Crippen LogP contribution in [-0.4, -0.2) is 29.2 Å². The van der Waals surface area contributed by atoms with Gasteiger partial charge in [0.1, 0.15) is 6.54 Å². The number of carbonyl (C=O) groups is 3. The predicted molar refractivity (Wildman–Crippen MR) is 114 cm³/mol. The Balaban J connectivity index is 1.51. The summed E-state index contributed by atoms with van der Waals surface area (Å²) in [6.45, 7) is 1.95. The fourth-order valence-electron chi connectivity index (χ4n) is 3.45. The van der Waals surface area contributed by atoms with Gasteiger partial charge in [0.05, 0.1) is 23.4 Å². The summed E-state index contributed by atoms with van der Waals surface area (Å²) in [5, 5.41) is 1.71. The molecule has 0 aromatic heterocycles. The molecule has 0 aliphatic carbocycles. The lowest BCUT2D eigenvalue weighted by molar-refractivity contribution is -0.121. The van der Waals surface area contributed by atoms with Crippen molar-refractivity contribution in [3.8, 4) is 0 Å². The van der Waals surface area contributed by atoms with Crippen molar-refractivity contribution in [3.05, 3.63) is 101 Å². The summed E-state index contributed by atoms with van der Waals surface area (Å²) >= 11 is 0. The molecule has 30 heavy (non-hydrogen) atoms. The Morgan fingerprint density at radius 3 is 2.20 bits per heavy atom. The van der Waals surface area contributed by atoms with E-state index in [0.717, 1.165) is 21.7 Å². The second kappa shape index (κ2) is 8.21. The van der Waals surface area contributed by atoms with Crippen molar-refractivity contribution in [2.75, 3.05) is 11.6 Å². The highest BCUT2D eigenvalue weighted by molar-refractivity contribution is 6.22. The van der Waals surface area contributed by atoms with Gasteiger partial charge in [0.25, 0.3) is 17.7 Å². The number of rotatable bonds is 6. The summed E-state index contributed by atoms with van der Waals surface area (Å²) in [6, 6.07) is 24.2. The molecule has 0 bridgehead atoms. The van der Waals surface area contributed by atoms with Gasteiger partial charge in [0, 0.05) is 0 Å². The van der Waals surface area contributed by atoms with Gasteiger partial charge in [-0.25, -0.2) is 0 Å². The highest BCUT2D eigenvalue weighted by Crippen LogP contribution is 2.23. The molecule has 0 fully saturated rings. The zero-order valence-electron chi connectivity index (χ0n) is 16.5. The number of hydrogen-bond donors (Lipinski definition) is 1. The Morgan fingerprint density at radius 2 is 1.50 bits per heavy atom. The van der Waals surface area contributed by atoms with E-state index >= 15 is 0 Å². The van der Waals surface area contributed by atoms with Crippen LogP contribution in [0, 0.1) is 6.92 Å². The average Bonchev–Trinajstić information content (AvgIpc) is 2.99. The standard InChI is InChI=1S/C24H21N3O3/c1-17-12-13-20-21(14-17)24(30)26(23(20)29)16-22(28)25-27(19-10-6-3-7-11-19)15-18-8-4-2-5-9-18/h2-14H,15-16H2,1H3,(H,25,28). The molecule has 3 amide bonds. The first-order valence-electron chi connectivity index (χ1n) is 9.66. The minimum absolute atomic E-state index is 0.336. The number of nitrogens with one attached hydrogen (secondary N) is 1. The van der Waals surface area contributed by atoms with Crippen molar-refractivity contribution >= 4 is 23.4 Å². The molecule has 1 heterocycles. The number of carbonyl (C=O) groups excluding carboxylic acids is 3. The number of hydrazine groups is 1. The number of fused-ring (bicyclic) bond motifs is 1. The monoisotopic (exact) mass is 399 g/mol. The molecule has 3 aromatic carbocycles. The number of para-hydroxylation sites is 1. The zero-order chi connectivity index (χ0) is 21.1. The molecule has 0 saturated carbocycles. The van der Waals surface area contributed by atoms with E-state index in [4.69, 9.17) is 0 Å². The first kappa shape index (κ1) is 19.4. The number of aryl methyl sites for hydroxylation is 1. The molecule has 0 unspecified atom stereocenters. The molecule has 1 N–H and O–H groups in total. The van der Waals surface area contributed by atoms with Crippen LogP contribution in [0.25, 0.3) is 0 Å². The van der Waals surface area contributed by atoms with Crippen molar-refractivity contribution in [2.24, 2.45) is 0 Å². The molecule has 0 saturated heterocycles. The summed E-state index contributed by atoms with van der Waals surface area (Å²) in [4.78, 5) is 39.0. The van der Waals surface area contributed by atoms with Gasteiger partial charge in [-0.3, -0.25) is 29.7 Å². The average molecular weight is 399 g/mol. The molecule has 6 heteroatoms. The topological polar surface area (TPSA) is 69.7 Å². The smallest absolute Gasteiger partial charge is 0.262 e. The van der Waals surface area contributed by atoms with Crippen LogP contribution in [0.15, 0.2) is 78.9 Å². The second-order valence-corrected chi connectivity index (χ2v) is 7.19. The highest BCUT2D eigenvalue weighted by Gasteiger charge is 2.36. The van der Waals surface area contributed by atoms with Crippen molar-refractivity contribution < 1.29 is 14.4 Å². The van der Waals surface area contributed by atoms with Crippen molar-refractivity contribution in [1.82, 2.24) is 10.3 Å². The first-order valence-corrected chi connectivity index (χ1v) is 9.66. The van der Waals surface area contributed by atoms with Gasteiger partial charge in [-0.05, 0) is 36.8 Å². The third-order valence-electron chi connectivity index (χ3n) is 4.94.